The van der Waals surface area contributed by atoms with Gasteiger partial charge in [0.1, 0.15) is 12.6 Å². The molecule has 0 bridgehead atoms. The molecule has 1 rings (SSSR count). The Bertz CT molecular complexity index is 473. The number of benzene rings is 1. The molecule has 0 aliphatic carbocycles. The Morgan fingerprint density at radius 1 is 1.25 bits per heavy atom. The molecule has 1 aromatic rings. The molecule has 0 spiro atoms. The van der Waals surface area contributed by atoms with Crippen LogP contribution in [0.15, 0.2) is 30.3 Å². The zero-order chi connectivity index (χ0) is 15.3. The first-order valence-electron chi connectivity index (χ1n) is 5.78. The molecule has 110 valence electrons. The maximum Gasteiger partial charge on any atom is 0.471 e. The number of rotatable bonds is 4. The van der Waals surface area contributed by atoms with Crippen LogP contribution in [0, 0.1) is 0 Å². The normalized spacial score (nSPS) is 12.7. The largest absolute Gasteiger partial charge is 0.471 e. The van der Waals surface area contributed by atoms with Crippen molar-refractivity contribution in [2.24, 2.45) is 0 Å². The fourth-order valence-electron chi connectivity index (χ4n) is 1.38. The smallest absolute Gasteiger partial charge is 0.459 e. The maximum absolute atomic E-state index is 12.2. The van der Waals surface area contributed by atoms with Crippen LogP contribution in [0.25, 0.3) is 0 Å². The van der Waals surface area contributed by atoms with Gasteiger partial charge in [0.25, 0.3) is 0 Å². The molecule has 7 heteroatoms. The third-order valence-electron chi connectivity index (χ3n) is 2.71. The van der Waals surface area contributed by atoms with Crippen molar-refractivity contribution in [3.8, 4) is 0 Å². The van der Waals surface area contributed by atoms with Crippen molar-refractivity contribution in [2.45, 2.75) is 25.7 Å². The lowest BCUT2D eigenvalue weighted by atomic mass is 10.2. The third kappa shape index (κ3) is 4.25. The van der Waals surface area contributed by atoms with E-state index in [2.05, 4.69) is 0 Å². The van der Waals surface area contributed by atoms with Gasteiger partial charge in [-0.25, -0.2) is 4.79 Å². The number of hydrogen-bond acceptors (Lipinski definition) is 3. The predicted molar refractivity (Wildman–Crippen MR) is 64.5 cm³/mol. The fourth-order valence-corrected chi connectivity index (χ4v) is 1.38. The number of carbonyl (C=O) groups excluding carboxylic acids is 2. The number of likely N-dealkylation sites (N-methyl/N-ethyl adjacent to an activating group) is 1. The Morgan fingerprint density at radius 3 is 2.30 bits per heavy atom. The van der Waals surface area contributed by atoms with Crippen LogP contribution >= 0.6 is 0 Å². The zero-order valence-electron chi connectivity index (χ0n) is 11.0. The molecule has 0 fully saturated rings. The van der Waals surface area contributed by atoms with Crippen molar-refractivity contribution in [1.29, 1.82) is 0 Å². The number of ether oxygens (including phenoxy) is 1. The second kappa shape index (κ2) is 6.40. The highest BCUT2D eigenvalue weighted by molar-refractivity contribution is 5.87. The highest BCUT2D eigenvalue weighted by atomic mass is 19.4. The lowest BCUT2D eigenvalue weighted by molar-refractivity contribution is -0.188. The summed E-state index contributed by atoms with van der Waals surface area (Å²) in [4.78, 5) is 22.9. The van der Waals surface area contributed by atoms with Gasteiger partial charge in [0.15, 0.2) is 0 Å². The molecule has 0 aliphatic heterocycles. The highest BCUT2D eigenvalue weighted by Gasteiger charge is 2.43. The van der Waals surface area contributed by atoms with Crippen LogP contribution in [-0.2, 0) is 20.9 Å². The van der Waals surface area contributed by atoms with Crippen molar-refractivity contribution >= 4 is 11.9 Å². The molecule has 0 aliphatic rings. The molecular weight excluding hydrogens is 275 g/mol. The predicted octanol–water partition coefficient (Wildman–Crippen LogP) is 2.14. The summed E-state index contributed by atoms with van der Waals surface area (Å²) in [6, 6.07) is 7.37. The Kier molecular flexibility index (Phi) is 5.12. The summed E-state index contributed by atoms with van der Waals surface area (Å²) in [5, 5.41) is 0. The third-order valence-corrected chi connectivity index (χ3v) is 2.71. The van der Waals surface area contributed by atoms with Gasteiger partial charge in [-0.15, -0.1) is 0 Å². The van der Waals surface area contributed by atoms with E-state index in [0.29, 0.717) is 10.5 Å². The molecule has 0 aromatic heterocycles. The number of hydrogen-bond donors (Lipinski definition) is 0. The number of nitrogens with zero attached hydrogens (tertiary/aromatic N) is 1. The molecule has 1 aromatic carbocycles. The second-order valence-corrected chi connectivity index (χ2v) is 4.18. The van der Waals surface area contributed by atoms with Gasteiger partial charge >= 0.3 is 18.1 Å². The zero-order valence-corrected chi connectivity index (χ0v) is 11.0. The molecule has 4 nitrogen and oxygen atoms in total. The quantitative estimate of drug-likeness (QED) is 0.798. The molecule has 0 heterocycles. The van der Waals surface area contributed by atoms with Gasteiger partial charge in [0.05, 0.1) is 0 Å². The Hall–Kier alpha value is -2.05. The first kappa shape index (κ1) is 16.0. The van der Waals surface area contributed by atoms with Crippen molar-refractivity contribution in [2.75, 3.05) is 7.05 Å². The highest BCUT2D eigenvalue weighted by Crippen LogP contribution is 2.19. The Morgan fingerprint density at radius 2 is 1.80 bits per heavy atom. The Balaban J connectivity index is 2.57. The minimum Gasteiger partial charge on any atom is -0.459 e. The SMILES string of the molecule is C[C@@H](C(=O)OCc1ccccc1)N(C)C(=O)C(F)(F)F. The monoisotopic (exact) mass is 289 g/mol. The molecule has 1 amide bonds. The topological polar surface area (TPSA) is 46.6 Å². The molecule has 1 atom stereocenters. The van der Waals surface area contributed by atoms with Crippen LogP contribution in [0.4, 0.5) is 13.2 Å². The van der Waals surface area contributed by atoms with E-state index in [9.17, 15) is 22.8 Å². The van der Waals surface area contributed by atoms with E-state index in [0.717, 1.165) is 7.05 Å². The summed E-state index contributed by atoms with van der Waals surface area (Å²) < 4.78 is 41.6. The van der Waals surface area contributed by atoms with E-state index in [1.165, 1.54) is 6.92 Å². The van der Waals surface area contributed by atoms with Gasteiger partial charge in [-0.05, 0) is 12.5 Å². The minimum absolute atomic E-state index is 0.0575. The number of carbonyl (C=O) groups is 2. The van der Waals surface area contributed by atoms with E-state index in [4.69, 9.17) is 4.74 Å². The van der Waals surface area contributed by atoms with Gasteiger partial charge in [0, 0.05) is 7.05 Å². The summed E-state index contributed by atoms with van der Waals surface area (Å²) in [6.45, 7) is 1.12. The lowest BCUT2D eigenvalue weighted by Gasteiger charge is -2.24. The summed E-state index contributed by atoms with van der Waals surface area (Å²) >= 11 is 0. The minimum atomic E-state index is -5.01. The van der Waals surface area contributed by atoms with Gasteiger partial charge in [0.2, 0.25) is 0 Å². The first-order chi connectivity index (χ1) is 9.23. The van der Waals surface area contributed by atoms with E-state index in [1.54, 1.807) is 30.3 Å². The van der Waals surface area contributed by atoms with Crippen LogP contribution < -0.4 is 0 Å². The standard InChI is InChI=1S/C13H14F3NO3/c1-9(17(2)12(19)13(14,15)16)11(18)20-8-10-6-4-3-5-7-10/h3-7,9H,8H2,1-2H3/t9-/m0/s1. The van der Waals surface area contributed by atoms with E-state index >= 15 is 0 Å². The average Bonchev–Trinajstić information content (AvgIpc) is 2.42. The summed E-state index contributed by atoms with van der Waals surface area (Å²) in [5.74, 6) is -2.98. The fraction of sp³-hybridized carbons (Fsp3) is 0.385. The lowest BCUT2D eigenvalue weighted by Crippen LogP contribution is -2.47. The van der Waals surface area contributed by atoms with E-state index in [1.807, 2.05) is 0 Å². The van der Waals surface area contributed by atoms with Crippen LogP contribution in [0.1, 0.15) is 12.5 Å². The summed E-state index contributed by atoms with van der Waals surface area (Å²) in [7, 11) is 0.907. The van der Waals surface area contributed by atoms with Crippen LogP contribution in [0.5, 0.6) is 0 Å². The molecule has 20 heavy (non-hydrogen) atoms. The van der Waals surface area contributed by atoms with Crippen molar-refractivity contribution in [1.82, 2.24) is 4.90 Å². The van der Waals surface area contributed by atoms with Crippen LogP contribution in [0.3, 0.4) is 0 Å². The maximum atomic E-state index is 12.2. The molecule has 0 unspecified atom stereocenters. The summed E-state index contributed by atoms with van der Waals surface area (Å²) in [5.41, 5.74) is 0.706. The average molecular weight is 289 g/mol. The molecule has 0 radical (unpaired) electrons. The number of amides is 1. The van der Waals surface area contributed by atoms with Gasteiger partial charge in [-0.3, -0.25) is 4.79 Å². The van der Waals surface area contributed by atoms with Crippen molar-refractivity contribution < 1.29 is 27.5 Å². The van der Waals surface area contributed by atoms with E-state index < -0.39 is 24.1 Å². The number of alkyl halides is 3. The van der Waals surface area contributed by atoms with E-state index in [-0.39, 0.29) is 6.61 Å². The molecular formula is C13H14F3NO3. The number of halogens is 3. The second-order valence-electron chi connectivity index (χ2n) is 4.18. The molecule has 0 saturated carbocycles. The summed E-state index contributed by atoms with van der Waals surface area (Å²) in [6.07, 6.45) is -5.01. The van der Waals surface area contributed by atoms with Crippen molar-refractivity contribution in [3.05, 3.63) is 35.9 Å². The molecule has 0 N–H and O–H groups in total. The van der Waals surface area contributed by atoms with Gasteiger partial charge in [-0.1, -0.05) is 30.3 Å². The van der Waals surface area contributed by atoms with Crippen LogP contribution in [0.2, 0.25) is 0 Å². The number of esters is 1. The first-order valence-corrected chi connectivity index (χ1v) is 5.78. The Labute approximate surface area is 114 Å². The van der Waals surface area contributed by atoms with Crippen LogP contribution in [-0.4, -0.2) is 36.0 Å². The van der Waals surface area contributed by atoms with Crippen molar-refractivity contribution in [3.63, 3.8) is 0 Å². The van der Waals surface area contributed by atoms with Gasteiger partial charge < -0.3 is 9.64 Å². The molecule has 0 saturated heterocycles. The van der Waals surface area contributed by atoms with Gasteiger partial charge in [-0.2, -0.15) is 13.2 Å².